The molecule has 16 heavy (non-hydrogen) atoms. The molecule has 0 heterocycles. The minimum Gasteiger partial charge on any atom is -1.00 e. The normalized spacial score (nSPS) is 4.50. The monoisotopic (exact) mass is 290 g/mol. The molecule has 0 aromatic carbocycles. The third kappa shape index (κ3) is 3740. The van der Waals surface area contributed by atoms with Crippen LogP contribution in [0.1, 0.15) is 11.4 Å². The second-order valence-electron chi connectivity index (χ2n) is 0.848. The third-order valence-electron chi connectivity index (χ3n) is 0. The van der Waals surface area contributed by atoms with Gasteiger partial charge in [-0.2, -0.15) is 0 Å². The average molecular weight is 291 g/mol. The van der Waals surface area contributed by atoms with Crippen LogP contribution in [-0.4, -0.2) is 141 Å². The Hall–Kier alpha value is 0.875. The summed E-state index contributed by atoms with van der Waals surface area (Å²) in [6, 6.07) is 0. The first-order chi connectivity index (χ1) is 5.20. The van der Waals surface area contributed by atoms with Crippen LogP contribution in [0.2, 0.25) is 0 Å². The SMILES string of the molecule is O=C(O)O.O=C(O)O.O=C(O)O.[H-].[H-].[H-].[H-].[H-].[H-].[H-].[H-].[Mg+2].[Mg+2].[Mg+2].[Mg+2]. The van der Waals surface area contributed by atoms with Crippen LogP contribution < -0.4 is 0 Å². The first-order valence-electron chi connectivity index (χ1n) is 1.95. The van der Waals surface area contributed by atoms with Gasteiger partial charge in [0.1, 0.15) is 0 Å². The van der Waals surface area contributed by atoms with Gasteiger partial charge in [0.2, 0.25) is 0 Å². The maximum absolute atomic E-state index is 8.56. The molecular formula is C3H14Mg4O9. The molecule has 0 spiro atoms. The Balaban J connectivity index is -0.00000000312. The zero-order chi connectivity index (χ0) is 10.7. The fraction of sp³-hybridized carbons (Fsp3) is 0. The molecule has 0 aromatic rings. The van der Waals surface area contributed by atoms with Gasteiger partial charge in [-0.1, -0.05) is 0 Å². The van der Waals surface area contributed by atoms with E-state index in [2.05, 4.69) is 0 Å². The maximum Gasteiger partial charge on any atom is 2.00 e. The molecule has 0 radical (unpaired) electrons. The summed E-state index contributed by atoms with van der Waals surface area (Å²) in [7, 11) is 0. The van der Waals surface area contributed by atoms with Gasteiger partial charge in [-0.15, -0.1) is 0 Å². The van der Waals surface area contributed by atoms with E-state index in [4.69, 9.17) is 45.0 Å². The molecule has 0 saturated carbocycles. The van der Waals surface area contributed by atoms with Gasteiger partial charge in [-0.25, -0.2) is 14.4 Å². The van der Waals surface area contributed by atoms with Crippen LogP contribution in [0.4, 0.5) is 14.4 Å². The van der Waals surface area contributed by atoms with Crippen molar-refractivity contribution in [2.24, 2.45) is 0 Å². The molecule has 6 N–H and O–H groups in total. The molecule has 0 aliphatic carbocycles. The molecule has 13 heteroatoms. The van der Waals surface area contributed by atoms with E-state index < -0.39 is 18.5 Å². The van der Waals surface area contributed by atoms with E-state index in [1.807, 2.05) is 0 Å². The second kappa shape index (κ2) is 36.0. The molecule has 0 rings (SSSR count). The van der Waals surface area contributed by atoms with Crippen molar-refractivity contribution in [2.75, 3.05) is 0 Å². The fourth-order valence-electron chi connectivity index (χ4n) is 0. The van der Waals surface area contributed by atoms with E-state index in [0.717, 1.165) is 0 Å². The zero-order valence-electron chi connectivity index (χ0n) is 16.2. The Morgan fingerprint density at radius 1 is 0.500 bits per heavy atom. The topological polar surface area (TPSA) is 173 Å². The van der Waals surface area contributed by atoms with Gasteiger partial charge in [-0.05, 0) is 0 Å². The van der Waals surface area contributed by atoms with Crippen LogP contribution in [0.5, 0.6) is 0 Å². The first kappa shape index (κ1) is 43.6. The molecule has 88 valence electrons. The van der Waals surface area contributed by atoms with Gasteiger partial charge in [0.15, 0.2) is 0 Å². The summed E-state index contributed by atoms with van der Waals surface area (Å²) < 4.78 is 0. The third-order valence-corrected chi connectivity index (χ3v) is 0. The van der Waals surface area contributed by atoms with Crippen LogP contribution in [0.15, 0.2) is 0 Å². The van der Waals surface area contributed by atoms with Crippen LogP contribution in [0.3, 0.4) is 0 Å². The number of carbonyl (C=O) groups is 3. The molecule has 0 unspecified atom stereocenters. The van der Waals surface area contributed by atoms with Crippen LogP contribution >= 0.6 is 0 Å². The predicted molar refractivity (Wildman–Crippen MR) is 63.9 cm³/mol. The van der Waals surface area contributed by atoms with Gasteiger partial charge in [0.25, 0.3) is 0 Å². The Labute approximate surface area is 166 Å². The van der Waals surface area contributed by atoms with Crippen LogP contribution in [0, 0.1) is 0 Å². The minimum absolute atomic E-state index is 0. The molecule has 9 nitrogen and oxygen atoms in total. The molecule has 0 aliphatic heterocycles. The Bertz CT molecular complexity index is 142. The van der Waals surface area contributed by atoms with Crippen molar-refractivity contribution >= 4 is 111 Å². The van der Waals surface area contributed by atoms with Gasteiger partial charge in [-0.3, -0.25) is 0 Å². The molecule has 0 amide bonds. The largest absolute Gasteiger partial charge is 2.00 e. The molecule has 0 aromatic heterocycles. The minimum atomic E-state index is -1.83. The van der Waals surface area contributed by atoms with Crippen molar-refractivity contribution in [3.8, 4) is 0 Å². The van der Waals surface area contributed by atoms with Crippen molar-refractivity contribution in [1.29, 1.82) is 0 Å². The summed E-state index contributed by atoms with van der Waals surface area (Å²) in [4.78, 5) is 25.7. The van der Waals surface area contributed by atoms with E-state index in [9.17, 15) is 0 Å². The van der Waals surface area contributed by atoms with Gasteiger partial charge < -0.3 is 42.1 Å². The van der Waals surface area contributed by atoms with E-state index in [1.165, 1.54) is 0 Å². The van der Waals surface area contributed by atoms with Crippen molar-refractivity contribution in [3.63, 3.8) is 0 Å². The van der Waals surface area contributed by atoms with Crippen molar-refractivity contribution in [2.45, 2.75) is 0 Å². The second-order valence-corrected chi connectivity index (χ2v) is 0.848. The van der Waals surface area contributed by atoms with E-state index in [-0.39, 0.29) is 104 Å². The molecule has 0 atom stereocenters. The quantitative estimate of drug-likeness (QED) is 0.337. The Morgan fingerprint density at radius 3 is 0.500 bits per heavy atom. The number of hydrogen-bond donors (Lipinski definition) is 6. The van der Waals surface area contributed by atoms with Crippen molar-refractivity contribution < 1.29 is 56.4 Å². The Kier molecular flexibility index (Phi) is 98.2. The molecule has 0 saturated heterocycles. The van der Waals surface area contributed by atoms with E-state index >= 15 is 0 Å². The molecule has 0 aliphatic rings. The maximum atomic E-state index is 8.56. The van der Waals surface area contributed by atoms with Crippen LogP contribution in [-0.2, 0) is 0 Å². The molecule has 0 bridgehead atoms. The average Bonchev–Trinajstić information content (AvgIpc) is 1.54. The van der Waals surface area contributed by atoms with Crippen molar-refractivity contribution in [3.05, 3.63) is 0 Å². The van der Waals surface area contributed by atoms with E-state index in [0.29, 0.717) is 0 Å². The predicted octanol–water partition coefficient (Wildman–Crippen LogP) is 0.0440. The fourth-order valence-corrected chi connectivity index (χ4v) is 0. The number of rotatable bonds is 0. The standard InChI is InChI=1S/3CH2O3.4Mg.8H/c3*2-1(3)4;;;;;;;;;;;;/h3*(H2,2,3,4);;;;;;;;;;;;/q;;;4*+2;8*-1. The summed E-state index contributed by atoms with van der Waals surface area (Å²) in [6.45, 7) is 0. The first-order valence-corrected chi connectivity index (χ1v) is 1.95. The molecule has 0 fully saturated rings. The van der Waals surface area contributed by atoms with Gasteiger partial charge >= 0.3 is 111 Å². The van der Waals surface area contributed by atoms with Crippen molar-refractivity contribution in [1.82, 2.24) is 0 Å². The summed E-state index contributed by atoms with van der Waals surface area (Å²) >= 11 is 0. The summed E-state index contributed by atoms with van der Waals surface area (Å²) in [5.74, 6) is 0. The summed E-state index contributed by atoms with van der Waals surface area (Å²) in [5, 5.41) is 41.8. The summed E-state index contributed by atoms with van der Waals surface area (Å²) in [5.41, 5.74) is 0. The Morgan fingerprint density at radius 2 is 0.500 bits per heavy atom. The zero-order valence-corrected chi connectivity index (χ0v) is 13.9. The number of carboxylic acid groups (broad SMARTS) is 6. The molecular weight excluding hydrogens is 277 g/mol. The van der Waals surface area contributed by atoms with E-state index in [1.54, 1.807) is 0 Å². The van der Waals surface area contributed by atoms with Gasteiger partial charge in [0.05, 0.1) is 0 Å². The van der Waals surface area contributed by atoms with Gasteiger partial charge in [0, 0.05) is 0 Å². The smallest absolute Gasteiger partial charge is 1.00 e. The van der Waals surface area contributed by atoms with Crippen LogP contribution in [0.25, 0.3) is 0 Å². The summed E-state index contributed by atoms with van der Waals surface area (Å²) in [6.07, 6.45) is -5.50. The number of hydrogen-bond acceptors (Lipinski definition) is 3.